The zero-order valence-electron chi connectivity index (χ0n) is 10.5. The van der Waals surface area contributed by atoms with Crippen molar-refractivity contribution in [3.63, 3.8) is 0 Å². The molecule has 2 nitrogen and oxygen atoms in total. The summed E-state index contributed by atoms with van der Waals surface area (Å²) in [5, 5.41) is 4.17. The Bertz CT molecular complexity index is 353. The Morgan fingerprint density at radius 3 is 2.76 bits per heavy atom. The van der Waals surface area contributed by atoms with Gasteiger partial charge in [0.15, 0.2) is 0 Å². The average Bonchev–Trinajstić information content (AvgIpc) is 2.34. The predicted octanol–water partition coefficient (Wildman–Crippen LogP) is 3.45. The highest BCUT2D eigenvalue weighted by atomic mass is 35.5. The third kappa shape index (κ3) is 3.20. The summed E-state index contributed by atoms with van der Waals surface area (Å²) < 4.78 is 0. The molecule has 1 aliphatic rings. The molecule has 0 radical (unpaired) electrons. The minimum absolute atomic E-state index is 0.401. The van der Waals surface area contributed by atoms with E-state index in [-0.39, 0.29) is 0 Å². The van der Waals surface area contributed by atoms with E-state index in [1.165, 1.54) is 37.7 Å². The topological polar surface area (TPSA) is 24.9 Å². The van der Waals surface area contributed by atoms with Gasteiger partial charge in [-0.1, -0.05) is 30.9 Å². The van der Waals surface area contributed by atoms with E-state index in [0.717, 1.165) is 18.0 Å². The van der Waals surface area contributed by atoms with Crippen molar-refractivity contribution in [2.24, 2.45) is 5.41 Å². The Morgan fingerprint density at radius 2 is 2.12 bits per heavy atom. The molecule has 17 heavy (non-hydrogen) atoms. The molecule has 1 aliphatic carbocycles. The molecule has 0 spiro atoms. The predicted molar refractivity (Wildman–Crippen MR) is 72.4 cm³/mol. The number of rotatable bonds is 4. The lowest BCUT2D eigenvalue weighted by molar-refractivity contribution is 0.185. The standard InChI is InChI=1S/C14H21ClN2/c1-16-11-14(6-3-2-4-7-14)9-12-5-8-17-10-13(12)15/h5,8,10,16H,2-4,6-7,9,11H2,1H3. The molecule has 0 saturated heterocycles. The fourth-order valence-corrected chi connectivity index (χ4v) is 3.23. The number of halogens is 1. The minimum Gasteiger partial charge on any atom is -0.319 e. The zero-order chi connectivity index (χ0) is 12.1. The van der Waals surface area contributed by atoms with Crippen LogP contribution in [0.5, 0.6) is 0 Å². The molecule has 0 aliphatic heterocycles. The number of nitrogens with zero attached hydrogens (tertiary/aromatic N) is 1. The smallest absolute Gasteiger partial charge is 0.0621 e. The Hall–Kier alpha value is -0.600. The Kier molecular flexibility index (Phi) is 4.41. The van der Waals surface area contributed by atoms with Gasteiger partial charge in [-0.2, -0.15) is 0 Å². The lowest BCUT2D eigenvalue weighted by atomic mass is 9.70. The number of hydrogen-bond acceptors (Lipinski definition) is 2. The van der Waals surface area contributed by atoms with Gasteiger partial charge in [0.25, 0.3) is 0 Å². The molecular weight excluding hydrogens is 232 g/mol. The SMILES string of the molecule is CNCC1(Cc2ccncc2Cl)CCCCC1. The van der Waals surface area contributed by atoms with E-state index in [9.17, 15) is 0 Å². The molecule has 2 rings (SSSR count). The van der Waals surface area contributed by atoms with Crippen molar-refractivity contribution in [2.75, 3.05) is 13.6 Å². The third-order valence-electron chi connectivity index (χ3n) is 3.89. The van der Waals surface area contributed by atoms with Gasteiger partial charge in [-0.05, 0) is 43.4 Å². The summed E-state index contributed by atoms with van der Waals surface area (Å²) in [5.41, 5.74) is 1.65. The molecule has 3 heteroatoms. The second-order valence-corrected chi connectivity index (χ2v) is 5.64. The van der Waals surface area contributed by atoms with Crippen LogP contribution in [0.15, 0.2) is 18.5 Å². The molecule has 94 valence electrons. The molecule has 0 aromatic carbocycles. The van der Waals surface area contributed by atoms with Gasteiger partial charge in [-0.3, -0.25) is 4.98 Å². The van der Waals surface area contributed by atoms with Crippen molar-refractivity contribution in [3.8, 4) is 0 Å². The maximum Gasteiger partial charge on any atom is 0.0621 e. The first kappa shape index (κ1) is 12.8. The van der Waals surface area contributed by atoms with E-state index in [4.69, 9.17) is 11.6 Å². The summed E-state index contributed by atoms with van der Waals surface area (Å²) >= 11 is 6.22. The van der Waals surface area contributed by atoms with Crippen LogP contribution in [0.1, 0.15) is 37.7 Å². The van der Waals surface area contributed by atoms with E-state index in [2.05, 4.69) is 16.4 Å². The number of pyridine rings is 1. The molecule has 0 atom stereocenters. The summed E-state index contributed by atoms with van der Waals surface area (Å²) in [6.07, 6.45) is 11.4. The van der Waals surface area contributed by atoms with Crippen molar-refractivity contribution in [2.45, 2.75) is 38.5 Å². The molecule has 1 fully saturated rings. The Morgan fingerprint density at radius 1 is 1.35 bits per heavy atom. The summed E-state index contributed by atoms with van der Waals surface area (Å²) in [5.74, 6) is 0. The largest absolute Gasteiger partial charge is 0.319 e. The fraction of sp³-hybridized carbons (Fsp3) is 0.643. The molecular formula is C14H21ClN2. The highest BCUT2D eigenvalue weighted by Crippen LogP contribution is 2.39. The third-order valence-corrected chi connectivity index (χ3v) is 4.23. The van der Waals surface area contributed by atoms with Gasteiger partial charge < -0.3 is 5.32 Å². The number of hydrogen-bond donors (Lipinski definition) is 1. The van der Waals surface area contributed by atoms with Crippen LogP contribution < -0.4 is 5.32 Å². The van der Waals surface area contributed by atoms with E-state index in [0.29, 0.717) is 5.41 Å². The van der Waals surface area contributed by atoms with E-state index in [1.54, 1.807) is 6.20 Å². The molecule has 1 heterocycles. The lowest BCUT2D eigenvalue weighted by Gasteiger charge is -2.37. The quantitative estimate of drug-likeness (QED) is 0.888. The fourth-order valence-electron chi connectivity index (χ4n) is 3.04. The first-order valence-corrected chi connectivity index (χ1v) is 6.87. The van der Waals surface area contributed by atoms with E-state index >= 15 is 0 Å². The molecule has 0 bridgehead atoms. The van der Waals surface area contributed by atoms with Gasteiger partial charge in [0, 0.05) is 18.9 Å². The van der Waals surface area contributed by atoms with Crippen molar-refractivity contribution < 1.29 is 0 Å². The second-order valence-electron chi connectivity index (χ2n) is 5.23. The van der Waals surface area contributed by atoms with E-state index < -0.39 is 0 Å². The summed E-state index contributed by atoms with van der Waals surface area (Å²) in [6.45, 7) is 1.09. The number of nitrogens with one attached hydrogen (secondary N) is 1. The van der Waals surface area contributed by atoms with Crippen LogP contribution >= 0.6 is 11.6 Å². The van der Waals surface area contributed by atoms with Crippen molar-refractivity contribution in [1.29, 1.82) is 0 Å². The van der Waals surface area contributed by atoms with Crippen LogP contribution in [-0.4, -0.2) is 18.6 Å². The zero-order valence-corrected chi connectivity index (χ0v) is 11.3. The second kappa shape index (κ2) is 5.83. The van der Waals surface area contributed by atoms with Crippen LogP contribution in [0.3, 0.4) is 0 Å². The van der Waals surface area contributed by atoms with Crippen molar-refractivity contribution in [1.82, 2.24) is 10.3 Å². The number of aromatic nitrogens is 1. The van der Waals surface area contributed by atoms with E-state index in [1.807, 2.05) is 13.2 Å². The first-order valence-electron chi connectivity index (χ1n) is 6.49. The van der Waals surface area contributed by atoms with Crippen molar-refractivity contribution >= 4 is 11.6 Å². The summed E-state index contributed by atoms with van der Waals surface area (Å²) in [6, 6.07) is 2.06. The molecule has 1 aromatic rings. The van der Waals surface area contributed by atoms with Crippen LogP contribution in [-0.2, 0) is 6.42 Å². The van der Waals surface area contributed by atoms with Crippen LogP contribution in [0.2, 0.25) is 5.02 Å². The van der Waals surface area contributed by atoms with Crippen molar-refractivity contribution in [3.05, 3.63) is 29.0 Å². The Balaban J connectivity index is 2.14. The van der Waals surface area contributed by atoms with Gasteiger partial charge in [-0.25, -0.2) is 0 Å². The normalized spacial score (nSPS) is 19.2. The monoisotopic (exact) mass is 252 g/mol. The van der Waals surface area contributed by atoms with Gasteiger partial charge in [0.2, 0.25) is 0 Å². The van der Waals surface area contributed by atoms with Crippen LogP contribution in [0.25, 0.3) is 0 Å². The Labute approximate surface area is 109 Å². The molecule has 0 unspecified atom stereocenters. The maximum absolute atomic E-state index is 6.22. The van der Waals surface area contributed by atoms with Gasteiger partial charge in [-0.15, -0.1) is 0 Å². The molecule has 1 N–H and O–H groups in total. The van der Waals surface area contributed by atoms with Gasteiger partial charge in [0.05, 0.1) is 5.02 Å². The highest BCUT2D eigenvalue weighted by Gasteiger charge is 2.31. The maximum atomic E-state index is 6.22. The highest BCUT2D eigenvalue weighted by molar-refractivity contribution is 6.31. The van der Waals surface area contributed by atoms with Crippen LogP contribution in [0, 0.1) is 5.41 Å². The molecule has 0 amide bonds. The minimum atomic E-state index is 0.401. The molecule has 1 saturated carbocycles. The summed E-state index contributed by atoms with van der Waals surface area (Å²) in [7, 11) is 2.05. The molecule has 1 aromatic heterocycles. The first-order chi connectivity index (χ1) is 8.26. The van der Waals surface area contributed by atoms with Gasteiger partial charge in [0.1, 0.15) is 0 Å². The average molecular weight is 253 g/mol. The van der Waals surface area contributed by atoms with Gasteiger partial charge >= 0.3 is 0 Å². The lowest BCUT2D eigenvalue weighted by Crippen LogP contribution is -2.36. The van der Waals surface area contributed by atoms with Crippen LogP contribution in [0.4, 0.5) is 0 Å². The summed E-state index contributed by atoms with van der Waals surface area (Å²) in [4.78, 5) is 4.06.